The molecule has 0 fully saturated rings. The van der Waals surface area contributed by atoms with Crippen molar-refractivity contribution in [3.05, 3.63) is 12.2 Å². The number of rotatable bonds is 45. The number of esters is 2. The van der Waals surface area contributed by atoms with Crippen molar-refractivity contribution in [3.8, 4) is 0 Å². The van der Waals surface area contributed by atoms with E-state index in [-0.39, 0.29) is 25.6 Å². The van der Waals surface area contributed by atoms with Crippen molar-refractivity contribution in [2.45, 2.75) is 238 Å². The van der Waals surface area contributed by atoms with Crippen molar-refractivity contribution >= 4 is 19.8 Å². The number of nitrogens with zero attached hydrogens (tertiary/aromatic N) is 1. The summed E-state index contributed by atoms with van der Waals surface area (Å²) >= 11 is 0. The molecule has 0 bridgehead atoms. The second-order valence-electron chi connectivity index (χ2n) is 17.9. The SMILES string of the molecule is CCCCCCCC/C=C\CCCCCCCCCCCCCC(=O)OC(COC(=O)CCCCCCCCCCCCCCC)COP(=O)(O)OCC[N+](C)(C)C. The molecule has 10 heteroatoms. The molecule has 344 valence electrons. The van der Waals surface area contributed by atoms with Crippen molar-refractivity contribution < 1.29 is 42.1 Å². The largest absolute Gasteiger partial charge is 0.472 e. The van der Waals surface area contributed by atoms with E-state index < -0.39 is 26.5 Å². The monoisotopic (exact) mass is 845 g/mol. The molecule has 0 aromatic heterocycles. The third-order valence-corrected chi connectivity index (χ3v) is 11.8. The van der Waals surface area contributed by atoms with Crippen LogP contribution in [0.15, 0.2) is 12.2 Å². The summed E-state index contributed by atoms with van der Waals surface area (Å²) in [6.45, 7) is 4.45. The van der Waals surface area contributed by atoms with Crippen LogP contribution in [0.25, 0.3) is 0 Å². The lowest BCUT2D eigenvalue weighted by atomic mass is 10.0. The second kappa shape index (κ2) is 41.1. The normalized spacial score (nSPS) is 13.6. The Hall–Kier alpha value is -1.25. The maximum Gasteiger partial charge on any atom is 0.472 e. The van der Waals surface area contributed by atoms with Crippen LogP contribution in [0.5, 0.6) is 0 Å². The van der Waals surface area contributed by atoms with Gasteiger partial charge in [-0.15, -0.1) is 0 Å². The third-order valence-electron chi connectivity index (χ3n) is 10.8. The Bertz CT molecular complexity index is 1000. The summed E-state index contributed by atoms with van der Waals surface area (Å²) in [4.78, 5) is 35.4. The summed E-state index contributed by atoms with van der Waals surface area (Å²) in [5.74, 6) is -0.787. The molecule has 2 unspecified atom stereocenters. The predicted octanol–water partition coefficient (Wildman–Crippen LogP) is 14.1. The molecule has 0 aromatic rings. The van der Waals surface area contributed by atoms with Gasteiger partial charge in [0.1, 0.15) is 19.8 Å². The van der Waals surface area contributed by atoms with Crippen LogP contribution in [-0.2, 0) is 32.7 Å². The van der Waals surface area contributed by atoms with Gasteiger partial charge in [0.2, 0.25) is 0 Å². The number of unbranched alkanes of at least 4 members (excludes halogenated alkanes) is 29. The standard InChI is InChI=1S/C48H94NO8P/c1-6-8-10-12-14-16-18-20-21-22-23-24-25-26-27-29-31-33-35-37-39-41-48(51)57-46(45-56-58(52,53)55-43-42-49(3,4)5)44-54-47(50)40-38-36-34-32-30-28-19-17-15-13-11-9-7-2/h20-21,46H,6-19,22-45H2,1-5H3/p+1/b21-20-. The topological polar surface area (TPSA) is 108 Å². The van der Waals surface area contributed by atoms with Crippen LogP contribution in [0, 0.1) is 0 Å². The highest BCUT2D eigenvalue weighted by atomic mass is 31.2. The first-order valence-corrected chi connectivity index (χ1v) is 25.9. The number of carbonyl (C=O) groups is 2. The number of allylic oxidation sites excluding steroid dienone is 2. The van der Waals surface area contributed by atoms with Crippen molar-refractivity contribution in [1.29, 1.82) is 0 Å². The first-order chi connectivity index (χ1) is 28.0. The molecule has 0 amide bonds. The van der Waals surface area contributed by atoms with E-state index in [9.17, 15) is 19.0 Å². The maximum atomic E-state index is 12.7. The molecule has 0 saturated carbocycles. The molecule has 0 aliphatic heterocycles. The molecule has 58 heavy (non-hydrogen) atoms. The Morgan fingerprint density at radius 3 is 1.28 bits per heavy atom. The van der Waals surface area contributed by atoms with Gasteiger partial charge in [0, 0.05) is 12.8 Å². The van der Waals surface area contributed by atoms with Gasteiger partial charge in [0.15, 0.2) is 6.10 Å². The maximum absolute atomic E-state index is 12.7. The van der Waals surface area contributed by atoms with E-state index in [1.807, 2.05) is 21.1 Å². The van der Waals surface area contributed by atoms with Crippen LogP contribution in [0.4, 0.5) is 0 Å². The molecule has 0 aliphatic rings. The number of phosphoric acid groups is 1. The lowest BCUT2D eigenvalue weighted by molar-refractivity contribution is -0.870. The molecule has 1 N–H and O–H groups in total. The Kier molecular flexibility index (Phi) is 40.2. The summed E-state index contributed by atoms with van der Waals surface area (Å²) in [5.41, 5.74) is 0. The van der Waals surface area contributed by atoms with Crippen molar-refractivity contribution in [3.63, 3.8) is 0 Å². The predicted molar refractivity (Wildman–Crippen MR) is 243 cm³/mol. The number of quaternary nitrogens is 1. The summed E-state index contributed by atoms with van der Waals surface area (Å²) < 4.78 is 34.4. The number of hydrogen-bond acceptors (Lipinski definition) is 7. The minimum atomic E-state index is -4.37. The van der Waals surface area contributed by atoms with Gasteiger partial charge in [0.05, 0.1) is 27.7 Å². The molecule has 0 aromatic carbocycles. The smallest absolute Gasteiger partial charge is 0.462 e. The zero-order chi connectivity index (χ0) is 42.8. The van der Waals surface area contributed by atoms with Gasteiger partial charge >= 0.3 is 19.8 Å². The first-order valence-electron chi connectivity index (χ1n) is 24.4. The van der Waals surface area contributed by atoms with Crippen molar-refractivity contribution in [2.75, 3.05) is 47.5 Å². The van der Waals surface area contributed by atoms with Crippen molar-refractivity contribution in [2.24, 2.45) is 0 Å². The molecule has 0 radical (unpaired) electrons. The van der Waals surface area contributed by atoms with E-state index in [1.165, 1.54) is 167 Å². The zero-order valence-electron chi connectivity index (χ0n) is 38.8. The van der Waals surface area contributed by atoms with E-state index in [0.29, 0.717) is 23.9 Å². The van der Waals surface area contributed by atoms with E-state index in [2.05, 4.69) is 26.0 Å². The number of hydrogen-bond donors (Lipinski definition) is 1. The molecular formula is C48H95NO8P+. The van der Waals surface area contributed by atoms with Gasteiger partial charge in [-0.3, -0.25) is 18.6 Å². The van der Waals surface area contributed by atoms with Crippen LogP contribution in [-0.4, -0.2) is 74.9 Å². The molecule has 0 aliphatic carbocycles. The molecule has 0 heterocycles. The summed E-state index contributed by atoms with van der Waals surface area (Å²) in [7, 11) is 1.49. The Labute approximate surface area is 358 Å². The number of ether oxygens (including phenoxy) is 2. The lowest BCUT2D eigenvalue weighted by Crippen LogP contribution is -2.37. The van der Waals surface area contributed by atoms with Crippen LogP contribution < -0.4 is 0 Å². The Morgan fingerprint density at radius 1 is 0.517 bits per heavy atom. The lowest BCUT2D eigenvalue weighted by Gasteiger charge is -2.24. The fourth-order valence-corrected chi connectivity index (χ4v) is 7.69. The van der Waals surface area contributed by atoms with Crippen molar-refractivity contribution in [1.82, 2.24) is 0 Å². The van der Waals surface area contributed by atoms with Gasteiger partial charge in [-0.2, -0.15) is 0 Å². The minimum absolute atomic E-state index is 0.0350. The van der Waals surface area contributed by atoms with E-state index in [0.717, 1.165) is 32.1 Å². The molecule has 2 atom stereocenters. The Morgan fingerprint density at radius 2 is 0.879 bits per heavy atom. The highest BCUT2D eigenvalue weighted by Gasteiger charge is 2.27. The van der Waals surface area contributed by atoms with Gasteiger partial charge < -0.3 is 18.9 Å². The fourth-order valence-electron chi connectivity index (χ4n) is 6.95. The zero-order valence-corrected chi connectivity index (χ0v) is 39.7. The molecule has 0 spiro atoms. The molecule has 0 saturated heterocycles. The van der Waals surface area contributed by atoms with E-state index in [1.54, 1.807) is 0 Å². The molecular weight excluding hydrogens is 750 g/mol. The average molecular weight is 845 g/mol. The van der Waals surface area contributed by atoms with E-state index >= 15 is 0 Å². The second-order valence-corrected chi connectivity index (χ2v) is 19.3. The number of likely N-dealkylation sites (N-methyl/N-ethyl adjacent to an activating group) is 1. The van der Waals surface area contributed by atoms with Crippen LogP contribution >= 0.6 is 7.82 Å². The summed E-state index contributed by atoms with van der Waals surface area (Å²) in [5, 5.41) is 0. The number of phosphoric ester groups is 1. The highest BCUT2D eigenvalue weighted by molar-refractivity contribution is 7.47. The van der Waals surface area contributed by atoms with E-state index in [4.69, 9.17) is 18.5 Å². The minimum Gasteiger partial charge on any atom is -0.462 e. The van der Waals surface area contributed by atoms with Gasteiger partial charge in [-0.1, -0.05) is 193 Å². The van der Waals surface area contributed by atoms with Crippen LogP contribution in [0.2, 0.25) is 0 Å². The Balaban J connectivity index is 4.23. The number of carbonyl (C=O) groups excluding carboxylic acids is 2. The van der Waals surface area contributed by atoms with Gasteiger partial charge in [-0.05, 0) is 38.5 Å². The highest BCUT2D eigenvalue weighted by Crippen LogP contribution is 2.43. The van der Waals surface area contributed by atoms with Crippen LogP contribution in [0.1, 0.15) is 232 Å². The fraction of sp³-hybridized carbons (Fsp3) is 0.917. The van der Waals surface area contributed by atoms with Gasteiger partial charge in [0.25, 0.3) is 0 Å². The quantitative estimate of drug-likeness (QED) is 0.0212. The molecule has 0 rings (SSSR count). The first kappa shape index (κ1) is 56.8. The van der Waals surface area contributed by atoms with Crippen LogP contribution in [0.3, 0.4) is 0 Å². The molecule has 9 nitrogen and oxygen atoms in total. The third kappa shape index (κ3) is 44.3. The van der Waals surface area contributed by atoms with Gasteiger partial charge in [-0.25, -0.2) is 4.57 Å². The average Bonchev–Trinajstić information content (AvgIpc) is 3.17. The summed E-state index contributed by atoms with van der Waals surface area (Å²) in [6, 6.07) is 0. The summed E-state index contributed by atoms with van der Waals surface area (Å²) in [6.07, 6.45) is 44.0.